The number of amides is 1. The van der Waals surface area contributed by atoms with Crippen LogP contribution in [0.3, 0.4) is 0 Å². The molecule has 0 spiro atoms. The number of carbonyl (C=O) groups excluding carboxylic acids is 1. The third-order valence-electron chi connectivity index (χ3n) is 4.67. The molecule has 6 heteroatoms. The van der Waals surface area contributed by atoms with Crippen molar-refractivity contribution in [1.29, 1.82) is 0 Å². The van der Waals surface area contributed by atoms with Gasteiger partial charge in [0.05, 0.1) is 5.56 Å². The molecule has 132 valence electrons. The van der Waals surface area contributed by atoms with Crippen molar-refractivity contribution in [3.05, 3.63) is 53.9 Å². The van der Waals surface area contributed by atoms with Gasteiger partial charge in [0.15, 0.2) is 0 Å². The maximum absolute atomic E-state index is 12.3. The van der Waals surface area contributed by atoms with E-state index >= 15 is 0 Å². The number of carbonyl (C=O) groups is 2. The average Bonchev–Trinajstić information content (AvgIpc) is 3.27. The first-order valence-electron chi connectivity index (χ1n) is 8.69. The number of aryl methyl sites for hydroxylation is 1. The number of aromatic carboxylic acids is 1. The van der Waals surface area contributed by atoms with Gasteiger partial charge in [-0.1, -0.05) is 12.1 Å². The van der Waals surface area contributed by atoms with E-state index < -0.39 is 5.97 Å². The number of aromatic nitrogens is 2. The van der Waals surface area contributed by atoms with Crippen molar-refractivity contribution in [2.24, 2.45) is 5.92 Å². The molecule has 2 aromatic rings. The number of hydrogen-bond acceptors (Lipinski definition) is 3. The standard InChI is InChI=1S/C19H23N3O3/c23-18(6-2-9-22-10-3-8-20-22)21-11-7-16(14-21)12-15-4-1-5-17(13-15)19(24)25/h1,3-5,8,10,13,16H,2,6-7,9,11-12,14H2,(H,24,25)/t16-/m0/s1. The lowest BCUT2D eigenvalue weighted by atomic mass is 9.97. The molecule has 25 heavy (non-hydrogen) atoms. The molecule has 1 amide bonds. The Bertz CT molecular complexity index is 727. The first-order chi connectivity index (χ1) is 12.1. The molecule has 0 radical (unpaired) electrons. The van der Waals surface area contributed by atoms with Gasteiger partial charge in [0.25, 0.3) is 0 Å². The second kappa shape index (κ2) is 7.96. The Labute approximate surface area is 147 Å². The molecular formula is C19H23N3O3. The van der Waals surface area contributed by atoms with Crippen molar-refractivity contribution in [3.8, 4) is 0 Å². The molecule has 1 saturated heterocycles. The van der Waals surface area contributed by atoms with Gasteiger partial charge >= 0.3 is 5.97 Å². The van der Waals surface area contributed by atoms with Gasteiger partial charge in [-0.3, -0.25) is 9.48 Å². The Morgan fingerprint density at radius 2 is 2.16 bits per heavy atom. The van der Waals surface area contributed by atoms with E-state index in [0.29, 0.717) is 17.9 Å². The van der Waals surface area contributed by atoms with E-state index in [2.05, 4.69) is 5.10 Å². The molecule has 0 unspecified atom stereocenters. The topological polar surface area (TPSA) is 75.4 Å². The van der Waals surface area contributed by atoms with Crippen LogP contribution in [0.5, 0.6) is 0 Å². The molecule has 1 N–H and O–H groups in total. The summed E-state index contributed by atoms with van der Waals surface area (Å²) >= 11 is 0. The van der Waals surface area contributed by atoms with Crippen molar-refractivity contribution < 1.29 is 14.7 Å². The quantitative estimate of drug-likeness (QED) is 0.839. The van der Waals surface area contributed by atoms with E-state index in [9.17, 15) is 9.59 Å². The summed E-state index contributed by atoms with van der Waals surface area (Å²) in [6.45, 7) is 2.32. The summed E-state index contributed by atoms with van der Waals surface area (Å²) in [4.78, 5) is 25.3. The largest absolute Gasteiger partial charge is 0.478 e. The highest BCUT2D eigenvalue weighted by Crippen LogP contribution is 2.22. The highest BCUT2D eigenvalue weighted by Gasteiger charge is 2.26. The number of hydrogen-bond donors (Lipinski definition) is 1. The lowest BCUT2D eigenvalue weighted by Gasteiger charge is -2.17. The molecule has 1 aromatic heterocycles. The van der Waals surface area contributed by atoms with Crippen molar-refractivity contribution in [1.82, 2.24) is 14.7 Å². The summed E-state index contributed by atoms with van der Waals surface area (Å²) in [5, 5.41) is 13.2. The third-order valence-corrected chi connectivity index (χ3v) is 4.67. The summed E-state index contributed by atoms with van der Waals surface area (Å²) in [6.07, 6.45) is 6.78. The van der Waals surface area contributed by atoms with Gasteiger partial charge in [-0.05, 0) is 48.9 Å². The van der Waals surface area contributed by atoms with Gasteiger partial charge in [0, 0.05) is 38.4 Å². The van der Waals surface area contributed by atoms with E-state index in [1.165, 1.54) is 0 Å². The number of nitrogens with zero attached hydrogens (tertiary/aromatic N) is 3. The molecule has 0 saturated carbocycles. The first kappa shape index (κ1) is 17.2. The molecule has 1 aliphatic heterocycles. The smallest absolute Gasteiger partial charge is 0.335 e. The fourth-order valence-electron chi connectivity index (χ4n) is 3.37. The minimum absolute atomic E-state index is 0.203. The van der Waals surface area contributed by atoms with Gasteiger partial charge in [0.1, 0.15) is 0 Å². The first-order valence-corrected chi connectivity index (χ1v) is 8.69. The van der Waals surface area contributed by atoms with Gasteiger partial charge in [0.2, 0.25) is 5.91 Å². The second-order valence-corrected chi connectivity index (χ2v) is 6.58. The lowest BCUT2D eigenvalue weighted by molar-refractivity contribution is -0.130. The van der Waals surface area contributed by atoms with E-state index in [1.54, 1.807) is 24.4 Å². The van der Waals surface area contributed by atoms with Crippen LogP contribution >= 0.6 is 0 Å². The number of carboxylic acid groups (broad SMARTS) is 1. The molecule has 1 aliphatic rings. The van der Waals surface area contributed by atoms with Crippen LogP contribution in [-0.2, 0) is 17.8 Å². The van der Waals surface area contributed by atoms with Crippen molar-refractivity contribution in [2.75, 3.05) is 13.1 Å². The Balaban J connectivity index is 1.45. The van der Waals surface area contributed by atoms with Crippen LogP contribution in [0.25, 0.3) is 0 Å². The van der Waals surface area contributed by atoms with Crippen LogP contribution in [0.4, 0.5) is 0 Å². The van der Waals surface area contributed by atoms with Crippen LogP contribution < -0.4 is 0 Å². The van der Waals surface area contributed by atoms with Crippen molar-refractivity contribution in [3.63, 3.8) is 0 Å². The summed E-state index contributed by atoms with van der Waals surface area (Å²) in [6, 6.07) is 8.96. The van der Waals surface area contributed by atoms with E-state index in [4.69, 9.17) is 5.11 Å². The SMILES string of the molecule is O=C(O)c1cccc(C[C@@H]2CCN(C(=O)CCCn3cccn3)C2)c1. The molecule has 2 heterocycles. The number of likely N-dealkylation sites (tertiary alicyclic amines) is 1. The van der Waals surface area contributed by atoms with Crippen molar-refractivity contribution in [2.45, 2.75) is 32.2 Å². The van der Waals surface area contributed by atoms with Gasteiger partial charge < -0.3 is 10.0 Å². The monoisotopic (exact) mass is 341 g/mol. The van der Waals surface area contributed by atoms with Gasteiger partial charge in [-0.15, -0.1) is 0 Å². The summed E-state index contributed by atoms with van der Waals surface area (Å²) in [5.41, 5.74) is 1.35. The third kappa shape index (κ3) is 4.68. The normalized spacial score (nSPS) is 17.0. The second-order valence-electron chi connectivity index (χ2n) is 6.58. The number of benzene rings is 1. The van der Waals surface area contributed by atoms with E-state index in [1.807, 2.05) is 27.9 Å². The zero-order valence-corrected chi connectivity index (χ0v) is 14.2. The molecule has 6 nitrogen and oxygen atoms in total. The van der Waals surface area contributed by atoms with Crippen LogP contribution in [0.15, 0.2) is 42.7 Å². The molecular weight excluding hydrogens is 318 g/mol. The summed E-state index contributed by atoms with van der Waals surface area (Å²) in [7, 11) is 0. The van der Waals surface area contributed by atoms with E-state index in [-0.39, 0.29) is 5.91 Å². The van der Waals surface area contributed by atoms with Crippen LogP contribution in [0.2, 0.25) is 0 Å². The summed E-state index contributed by atoms with van der Waals surface area (Å²) < 4.78 is 1.84. The fraction of sp³-hybridized carbons (Fsp3) is 0.421. The van der Waals surface area contributed by atoms with Crippen LogP contribution in [0, 0.1) is 5.92 Å². The summed E-state index contributed by atoms with van der Waals surface area (Å²) in [5.74, 6) is -0.296. The maximum Gasteiger partial charge on any atom is 0.335 e. The van der Waals surface area contributed by atoms with Crippen LogP contribution in [-0.4, -0.2) is 44.8 Å². The van der Waals surface area contributed by atoms with Gasteiger partial charge in [-0.2, -0.15) is 5.10 Å². The Hall–Kier alpha value is -2.63. The predicted octanol–water partition coefficient (Wildman–Crippen LogP) is 2.45. The maximum atomic E-state index is 12.3. The average molecular weight is 341 g/mol. The molecule has 1 aromatic carbocycles. The Morgan fingerprint density at radius 1 is 1.28 bits per heavy atom. The van der Waals surface area contributed by atoms with Crippen molar-refractivity contribution >= 4 is 11.9 Å². The lowest BCUT2D eigenvalue weighted by Crippen LogP contribution is -2.29. The molecule has 1 atom stereocenters. The fourth-order valence-corrected chi connectivity index (χ4v) is 3.37. The number of carboxylic acids is 1. The zero-order valence-electron chi connectivity index (χ0n) is 14.2. The molecule has 0 bridgehead atoms. The molecule has 0 aliphatic carbocycles. The predicted molar refractivity (Wildman–Crippen MR) is 93.3 cm³/mol. The highest BCUT2D eigenvalue weighted by atomic mass is 16.4. The molecule has 3 rings (SSSR count). The van der Waals surface area contributed by atoms with Crippen LogP contribution in [0.1, 0.15) is 35.2 Å². The van der Waals surface area contributed by atoms with Gasteiger partial charge in [-0.25, -0.2) is 4.79 Å². The zero-order chi connectivity index (χ0) is 17.6. The minimum Gasteiger partial charge on any atom is -0.478 e. The highest BCUT2D eigenvalue weighted by molar-refractivity contribution is 5.87. The molecule has 1 fully saturated rings. The minimum atomic E-state index is -0.901. The Morgan fingerprint density at radius 3 is 2.92 bits per heavy atom. The van der Waals surface area contributed by atoms with E-state index in [0.717, 1.165) is 44.5 Å². The Kier molecular flexibility index (Phi) is 5.48. The number of rotatable bonds is 7.